The zero-order valence-corrected chi connectivity index (χ0v) is 15.1. The molecule has 0 unspecified atom stereocenters. The smallest absolute Gasteiger partial charge is 0.253 e. The molecule has 2 rings (SSSR count). The highest BCUT2D eigenvalue weighted by atomic mass is 35.5. The zero-order valence-electron chi connectivity index (χ0n) is 14.2. The summed E-state index contributed by atoms with van der Waals surface area (Å²) in [4.78, 5) is 12.4. The maximum atomic E-state index is 12.4. The topological polar surface area (TPSA) is 60.1 Å². The molecular formula is C17H30ClN3O. The first-order chi connectivity index (χ1) is 9.79. The van der Waals surface area contributed by atoms with Crippen molar-refractivity contribution in [3.8, 4) is 0 Å². The number of carbonyl (C=O) groups is 1. The Labute approximate surface area is 140 Å². The van der Waals surface area contributed by atoms with Crippen LogP contribution < -0.4 is 11.1 Å². The Bertz CT molecular complexity index is 511. The number of nitrogens with zero attached hydrogens (tertiary/aromatic N) is 1. The molecule has 1 aromatic heterocycles. The molecule has 22 heavy (non-hydrogen) atoms. The number of nitrogens with one attached hydrogen (secondary N) is 1. The molecule has 0 aliphatic heterocycles. The molecule has 126 valence electrons. The molecule has 3 N–H and O–H groups in total. The van der Waals surface area contributed by atoms with Crippen molar-refractivity contribution in [2.24, 2.45) is 5.73 Å². The van der Waals surface area contributed by atoms with Crippen molar-refractivity contribution >= 4 is 18.3 Å². The van der Waals surface area contributed by atoms with Crippen LogP contribution in [-0.2, 0) is 0 Å². The Morgan fingerprint density at radius 2 is 1.91 bits per heavy atom. The van der Waals surface area contributed by atoms with Gasteiger partial charge in [0.2, 0.25) is 0 Å². The van der Waals surface area contributed by atoms with Gasteiger partial charge in [-0.25, -0.2) is 0 Å². The second kappa shape index (κ2) is 7.51. The standard InChI is InChI=1S/C17H29N3O.ClH/c1-12-10-15(16(21)19-11-17(3,4)18)13(2)20(12)14-8-6-5-7-9-14;/h10,14H,5-9,11,18H2,1-4H3,(H,19,21);1H. The Kier molecular flexibility index (Phi) is 6.50. The van der Waals surface area contributed by atoms with E-state index in [1.807, 2.05) is 19.9 Å². The molecular weight excluding hydrogens is 298 g/mol. The minimum Gasteiger partial charge on any atom is -0.350 e. The Hall–Kier alpha value is -1.000. The van der Waals surface area contributed by atoms with Crippen LogP contribution in [0.3, 0.4) is 0 Å². The highest BCUT2D eigenvalue weighted by Crippen LogP contribution is 2.32. The second-order valence-corrected chi connectivity index (χ2v) is 7.12. The molecule has 5 heteroatoms. The number of carbonyl (C=O) groups excluding carboxylic acids is 1. The van der Waals surface area contributed by atoms with Gasteiger partial charge in [0, 0.05) is 29.5 Å². The minimum absolute atomic E-state index is 0. The fourth-order valence-electron chi connectivity index (χ4n) is 3.31. The Balaban J connectivity index is 0.00000242. The van der Waals surface area contributed by atoms with E-state index in [0.717, 1.165) is 11.3 Å². The summed E-state index contributed by atoms with van der Waals surface area (Å²) >= 11 is 0. The van der Waals surface area contributed by atoms with Gasteiger partial charge in [-0.3, -0.25) is 4.79 Å². The maximum Gasteiger partial charge on any atom is 0.253 e. The van der Waals surface area contributed by atoms with Crippen LogP contribution in [0.2, 0.25) is 0 Å². The molecule has 1 fully saturated rings. The number of nitrogens with two attached hydrogens (primary N) is 1. The quantitative estimate of drug-likeness (QED) is 0.889. The van der Waals surface area contributed by atoms with E-state index in [9.17, 15) is 4.79 Å². The Morgan fingerprint density at radius 1 is 1.32 bits per heavy atom. The van der Waals surface area contributed by atoms with Crippen molar-refractivity contribution in [2.45, 2.75) is 71.4 Å². The van der Waals surface area contributed by atoms with E-state index < -0.39 is 0 Å². The monoisotopic (exact) mass is 327 g/mol. The minimum atomic E-state index is -0.384. The van der Waals surface area contributed by atoms with Gasteiger partial charge in [-0.15, -0.1) is 12.4 Å². The summed E-state index contributed by atoms with van der Waals surface area (Å²) in [5.41, 5.74) is 8.62. The summed E-state index contributed by atoms with van der Waals surface area (Å²) in [6.07, 6.45) is 6.39. The number of aromatic nitrogens is 1. The number of hydrogen-bond acceptors (Lipinski definition) is 2. The lowest BCUT2D eigenvalue weighted by Crippen LogP contribution is -2.45. The SMILES string of the molecule is Cc1cc(C(=O)NCC(C)(C)N)c(C)n1C1CCCCC1.Cl. The van der Waals surface area contributed by atoms with Gasteiger partial charge in [0.1, 0.15) is 0 Å². The lowest BCUT2D eigenvalue weighted by atomic mass is 9.95. The van der Waals surface area contributed by atoms with Crippen LogP contribution >= 0.6 is 12.4 Å². The van der Waals surface area contributed by atoms with Crippen molar-refractivity contribution < 1.29 is 4.79 Å². The fraction of sp³-hybridized carbons (Fsp3) is 0.706. The van der Waals surface area contributed by atoms with Gasteiger partial charge in [0.25, 0.3) is 5.91 Å². The van der Waals surface area contributed by atoms with Gasteiger partial charge < -0.3 is 15.6 Å². The fourth-order valence-corrected chi connectivity index (χ4v) is 3.31. The molecule has 4 nitrogen and oxygen atoms in total. The Morgan fingerprint density at radius 3 is 2.45 bits per heavy atom. The summed E-state index contributed by atoms with van der Waals surface area (Å²) in [5, 5.41) is 2.95. The molecule has 0 radical (unpaired) electrons. The molecule has 1 aliphatic rings. The van der Waals surface area contributed by atoms with Gasteiger partial charge in [-0.05, 0) is 46.6 Å². The van der Waals surface area contributed by atoms with Gasteiger partial charge in [-0.2, -0.15) is 0 Å². The number of halogens is 1. The van der Waals surface area contributed by atoms with Crippen molar-refractivity contribution in [2.75, 3.05) is 6.54 Å². The predicted octanol–water partition coefficient (Wildman–Crippen LogP) is 3.50. The molecule has 0 aromatic carbocycles. The highest BCUT2D eigenvalue weighted by molar-refractivity contribution is 5.95. The van der Waals surface area contributed by atoms with Crippen LogP contribution in [0.15, 0.2) is 6.07 Å². The average Bonchev–Trinajstić information content (AvgIpc) is 2.71. The zero-order chi connectivity index (χ0) is 15.6. The van der Waals surface area contributed by atoms with Crippen molar-refractivity contribution in [1.82, 2.24) is 9.88 Å². The van der Waals surface area contributed by atoms with Crippen LogP contribution in [0.1, 0.15) is 73.7 Å². The molecule has 0 spiro atoms. The number of hydrogen-bond donors (Lipinski definition) is 2. The van der Waals surface area contributed by atoms with Gasteiger partial charge >= 0.3 is 0 Å². The highest BCUT2D eigenvalue weighted by Gasteiger charge is 2.23. The number of amides is 1. The average molecular weight is 328 g/mol. The molecule has 1 aliphatic carbocycles. The summed E-state index contributed by atoms with van der Waals surface area (Å²) in [6.45, 7) is 8.48. The second-order valence-electron chi connectivity index (χ2n) is 7.12. The third kappa shape index (κ3) is 4.50. The lowest BCUT2D eigenvalue weighted by molar-refractivity contribution is 0.0945. The van der Waals surface area contributed by atoms with Crippen molar-refractivity contribution in [1.29, 1.82) is 0 Å². The molecule has 1 amide bonds. The van der Waals surface area contributed by atoms with E-state index in [1.54, 1.807) is 0 Å². The van der Waals surface area contributed by atoms with Gasteiger partial charge in [0.15, 0.2) is 0 Å². The third-order valence-electron chi connectivity index (χ3n) is 4.37. The number of rotatable bonds is 4. The van der Waals surface area contributed by atoms with Crippen LogP contribution in [-0.4, -0.2) is 22.6 Å². The molecule has 1 aromatic rings. The first-order valence-electron chi connectivity index (χ1n) is 8.05. The van der Waals surface area contributed by atoms with E-state index in [2.05, 4.69) is 23.7 Å². The largest absolute Gasteiger partial charge is 0.350 e. The summed E-state index contributed by atoms with van der Waals surface area (Å²) in [7, 11) is 0. The van der Waals surface area contributed by atoms with Gasteiger partial charge in [0.05, 0.1) is 5.56 Å². The van der Waals surface area contributed by atoms with E-state index in [1.165, 1.54) is 37.8 Å². The lowest BCUT2D eigenvalue weighted by Gasteiger charge is -2.26. The van der Waals surface area contributed by atoms with Crippen molar-refractivity contribution in [3.05, 3.63) is 23.0 Å². The third-order valence-corrected chi connectivity index (χ3v) is 4.37. The first kappa shape index (κ1) is 19.0. The van der Waals surface area contributed by atoms with Crippen molar-refractivity contribution in [3.63, 3.8) is 0 Å². The van der Waals surface area contributed by atoms with E-state index in [-0.39, 0.29) is 23.9 Å². The summed E-state index contributed by atoms with van der Waals surface area (Å²) in [6, 6.07) is 2.58. The van der Waals surface area contributed by atoms with Crippen LogP contribution in [0, 0.1) is 13.8 Å². The normalized spacial score (nSPS) is 16.2. The maximum absolute atomic E-state index is 12.4. The van der Waals surface area contributed by atoms with Crippen LogP contribution in [0.4, 0.5) is 0 Å². The number of aryl methyl sites for hydroxylation is 1. The summed E-state index contributed by atoms with van der Waals surface area (Å²) < 4.78 is 2.36. The molecule has 0 bridgehead atoms. The summed E-state index contributed by atoms with van der Waals surface area (Å²) in [5.74, 6) is -0.0105. The van der Waals surface area contributed by atoms with E-state index in [0.29, 0.717) is 12.6 Å². The van der Waals surface area contributed by atoms with Gasteiger partial charge in [-0.1, -0.05) is 19.3 Å². The molecule has 1 heterocycles. The molecule has 0 saturated heterocycles. The van der Waals surface area contributed by atoms with Crippen LogP contribution in [0.5, 0.6) is 0 Å². The predicted molar refractivity (Wildman–Crippen MR) is 93.9 cm³/mol. The van der Waals surface area contributed by atoms with Crippen LogP contribution in [0.25, 0.3) is 0 Å². The molecule has 0 atom stereocenters. The van der Waals surface area contributed by atoms with E-state index >= 15 is 0 Å². The molecule has 1 saturated carbocycles. The van der Waals surface area contributed by atoms with E-state index in [4.69, 9.17) is 5.73 Å². The first-order valence-corrected chi connectivity index (χ1v) is 8.05.